The van der Waals surface area contributed by atoms with Gasteiger partial charge in [0.25, 0.3) is 10.0 Å². The first-order valence-electron chi connectivity index (χ1n) is 14.8. The summed E-state index contributed by atoms with van der Waals surface area (Å²) in [6.45, 7) is 8.79. The van der Waals surface area contributed by atoms with Crippen LogP contribution in [0.3, 0.4) is 0 Å². The molecule has 2 aromatic heterocycles. The number of sulfonamides is 1. The van der Waals surface area contributed by atoms with Gasteiger partial charge in [-0.3, -0.25) is 4.72 Å². The summed E-state index contributed by atoms with van der Waals surface area (Å²) in [5.41, 5.74) is 1.65. The predicted octanol–water partition coefficient (Wildman–Crippen LogP) is 5.02. The molecule has 0 spiro atoms. The number of nitrogens with zero attached hydrogens (tertiary/aromatic N) is 3. The topological polar surface area (TPSA) is 160 Å². The molecule has 0 bridgehead atoms. The van der Waals surface area contributed by atoms with Crippen molar-refractivity contribution in [2.75, 3.05) is 51.4 Å². The van der Waals surface area contributed by atoms with E-state index < -0.39 is 38.2 Å². The number of hydrogen-bond acceptors (Lipinski definition) is 11. The van der Waals surface area contributed by atoms with Crippen molar-refractivity contribution in [2.45, 2.75) is 38.2 Å². The third-order valence-corrected chi connectivity index (χ3v) is 7.88. The lowest BCUT2D eigenvalue weighted by molar-refractivity contribution is 0.0329. The molecule has 0 atom stereocenters. The van der Waals surface area contributed by atoms with E-state index in [1.807, 2.05) is 13.0 Å². The molecule has 1 amide bonds. The Labute approximate surface area is 277 Å². The number of amides is 1. The summed E-state index contributed by atoms with van der Waals surface area (Å²) in [6, 6.07) is 7.16. The van der Waals surface area contributed by atoms with E-state index in [2.05, 4.69) is 25.0 Å². The van der Waals surface area contributed by atoms with Crippen LogP contribution < -0.4 is 19.5 Å². The average Bonchev–Trinajstić information content (AvgIpc) is 3.01. The van der Waals surface area contributed by atoms with Crippen LogP contribution in [0, 0.1) is 18.6 Å². The zero-order valence-corrected chi connectivity index (χ0v) is 27.9. The Morgan fingerprint density at radius 3 is 2.35 bits per heavy atom. The van der Waals surface area contributed by atoms with Crippen LogP contribution in [-0.4, -0.2) is 81.8 Å². The maximum absolute atomic E-state index is 14.3. The van der Waals surface area contributed by atoms with Gasteiger partial charge in [-0.15, -0.1) is 0 Å². The SMILES string of the molecule is COc1ncc(-c2cc(OCCOCCOCCNC(=O)OC(C)(C)C)c3ncnc(C)c3c2)cc1NS(=O)(=O)c1ccc(F)cc1F. The molecule has 4 aromatic rings. The Kier molecular flexibility index (Phi) is 12.0. The molecule has 4 rings (SSSR count). The predicted molar refractivity (Wildman–Crippen MR) is 173 cm³/mol. The smallest absolute Gasteiger partial charge is 0.407 e. The maximum atomic E-state index is 14.3. The van der Waals surface area contributed by atoms with Crippen molar-refractivity contribution < 1.29 is 45.7 Å². The van der Waals surface area contributed by atoms with Crippen LogP contribution in [0.1, 0.15) is 26.5 Å². The second-order valence-electron chi connectivity index (χ2n) is 11.3. The van der Waals surface area contributed by atoms with Crippen LogP contribution in [0.4, 0.5) is 19.3 Å². The van der Waals surface area contributed by atoms with Gasteiger partial charge in [0, 0.05) is 35.5 Å². The van der Waals surface area contributed by atoms with Gasteiger partial charge in [-0.1, -0.05) is 0 Å². The fraction of sp³-hybridized carbons (Fsp3) is 0.375. The van der Waals surface area contributed by atoms with Gasteiger partial charge >= 0.3 is 6.09 Å². The molecule has 0 fully saturated rings. The molecule has 2 N–H and O–H groups in total. The Morgan fingerprint density at radius 1 is 0.917 bits per heavy atom. The van der Waals surface area contributed by atoms with E-state index in [1.54, 1.807) is 26.8 Å². The standard InChI is InChI=1S/C32H37F2N5O8S/c1-20-24-14-21(22-15-26(30(43-5)36-18-22)39-48(41,42)28-7-6-23(33)17-25(28)34)16-27(29(24)38-19-37-20)46-13-12-45-11-10-44-9-8-35-31(40)47-32(2,3)4/h6-7,14-19,39H,8-13H2,1-5H3,(H,35,40). The lowest BCUT2D eigenvalue weighted by Gasteiger charge is -2.19. The summed E-state index contributed by atoms with van der Waals surface area (Å²) < 4.78 is 83.6. The van der Waals surface area contributed by atoms with Crippen LogP contribution in [0.15, 0.2) is 53.8 Å². The molecule has 13 nitrogen and oxygen atoms in total. The summed E-state index contributed by atoms with van der Waals surface area (Å²) in [5.74, 6) is -1.81. The van der Waals surface area contributed by atoms with E-state index in [1.165, 1.54) is 25.7 Å². The summed E-state index contributed by atoms with van der Waals surface area (Å²) in [5, 5.41) is 3.30. The third kappa shape index (κ3) is 9.92. The van der Waals surface area contributed by atoms with Gasteiger partial charge in [-0.2, -0.15) is 0 Å². The lowest BCUT2D eigenvalue weighted by atomic mass is 10.0. The molecular weight excluding hydrogens is 652 g/mol. The van der Waals surface area contributed by atoms with Gasteiger partial charge < -0.3 is 29.0 Å². The minimum atomic E-state index is -4.48. The Balaban J connectivity index is 1.42. The van der Waals surface area contributed by atoms with E-state index in [0.29, 0.717) is 65.9 Å². The number of carbonyl (C=O) groups excluding carboxylic acids is 1. The molecule has 0 aliphatic rings. The van der Waals surface area contributed by atoms with Crippen LogP contribution in [0.5, 0.6) is 11.6 Å². The van der Waals surface area contributed by atoms with Gasteiger partial charge in [-0.25, -0.2) is 36.9 Å². The molecule has 0 unspecified atom stereocenters. The van der Waals surface area contributed by atoms with Gasteiger partial charge in [0.1, 0.15) is 52.0 Å². The number of hydrogen-bond donors (Lipinski definition) is 2. The number of aromatic nitrogens is 3. The molecule has 2 heterocycles. The van der Waals surface area contributed by atoms with E-state index >= 15 is 0 Å². The molecule has 0 radical (unpaired) electrons. The van der Waals surface area contributed by atoms with Gasteiger partial charge in [-0.05, 0) is 63.6 Å². The summed E-state index contributed by atoms with van der Waals surface area (Å²) in [7, 11) is -3.17. The van der Waals surface area contributed by atoms with Crippen molar-refractivity contribution in [3.63, 3.8) is 0 Å². The Hall–Kier alpha value is -4.67. The number of pyridine rings is 1. The number of rotatable bonds is 15. The van der Waals surface area contributed by atoms with Crippen molar-refractivity contribution in [2.24, 2.45) is 0 Å². The van der Waals surface area contributed by atoms with Gasteiger partial charge in [0.15, 0.2) is 0 Å². The number of anilines is 1. The lowest BCUT2D eigenvalue weighted by Crippen LogP contribution is -2.34. The third-order valence-electron chi connectivity index (χ3n) is 6.48. The van der Waals surface area contributed by atoms with Crippen molar-refractivity contribution in [3.8, 4) is 22.8 Å². The Morgan fingerprint density at radius 2 is 1.65 bits per heavy atom. The van der Waals surface area contributed by atoms with Crippen molar-refractivity contribution in [1.82, 2.24) is 20.3 Å². The molecule has 0 saturated carbocycles. The maximum Gasteiger partial charge on any atom is 0.407 e. The Bertz CT molecular complexity index is 1850. The molecule has 16 heteroatoms. The summed E-state index contributed by atoms with van der Waals surface area (Å²) in [4.78, 5) is 23.8. The summed E-state index contributed by atoms with van der Waals surface area (Å²) >= 11 is 0. The number of ether oxygens (including phenoxy) is 5. The average molecular weight is 690 g/mol. The van der Waals surface area contributed by atoms with Gasteiger partial charge in [0.2, 0.25) is 5.88 Å². The molecule has 258 valence electrons. The number of nitrogens with one attached hydrogen (secondary N) is 2. The normalized spacial score (nSPS) is 11.7. The number of aryl methyl sites for hydroxylation is 1. The van der Waals surface area contributed by atoms with Crippen LogP contribution in [0.25, 0.3) is 22.0 Å². The monoisotopic (exact) mass is 689 g/mol. The molecular formula is C32H37F2N5O8S. The second-order valence-corrected chi connectivity index (χ2v) is 12.9. The zero-order chi connectivity index (χ0) is 34.9. The highest BCUT2D eigenvalue weighted by molar-refractivity contribution is 7.92. The first-order chi connectivity index (χ1) is 22.8. The van der Waals surface area contributed by atoms with E-state index in [-0.39, 0.29) is 24.8 Å². The van der Waals surface area contributed by atoms with Crippen molar-refractivity contribution in [1.29, 1.82) is 0 Å². The van der Waals surface area contributed by atoms with Gasteiger partial charge in [0.05, 0.1) is 33.5 Å². The number of halogens is 2. The fourth-order valence-corrected chi connectivity index (χ4v) is 5.46. The van der Waals surface area contributed by atoms with Crippen LogP contribution in [0.2, 0.25) is 0 Å². The minimum absolute atomic E-state index is 0.0675. The number of carbonyl (C=O) groups is 1. The zero-order valence-electron chi connectivity index (χ0n) is 27.1. The quantitative estimate of drug-likeness (QED) is 0.161. The number of fused-ring (bicyclic) bond motifs is 1. The first kappa shape index (κ1) is 36.2. The number of benzene rings is 2. The minimum Gasteiger partial charge on any atom is -0.489 e. The van der Waals surface area contributed by atoms with Crippen LogP contribution >= 0.6 is 0 Å². The molecule has 0 saturated heterocycles. The highest BCUT2D eigenvalue weighted by Crippen LogP contribution is 2.35. The molecule has 2 aromatic carbocycles. The highest BCUT2D eigenvalue weighted by atomic mass is 32.2. The number of methoxy groups -OCH3 is 1. The molecule has 0 aliphatic carbocycles. The molecule has 48 heavy (non-hydrogen) atoms. The van der Waals surface area contributed by atoms with E-state index in [4.69, 9.17) is 23.7 Å². The van der Waals surface area contributed by atoms with E-state index in [0.717, 1.165) is 12.1 Å². The van der Waals surface area contributed by atoms with Crippen molar-refractivity contribution >= 4 is 32.7 Å². The fourth-order valence-electron chi connectivity index (χ4n) is 4.35. The number of alkyl carbamates (subject to hydrolysis) is 1. The van der Waals surface area contributed by atoms with E-state index in [9.17, 15) is 22.0 Å². The van der Waals surface area contributed by atoms with Crippen LogP contribution in [-0.2, 0) is 24.2 Å². The van der Waals surface area contributed by atoms with Crippen molar-refractivity contribution in [3.05, 3.63) is 66.3 Å². The summed E-state index contributed by atoms with van der Waals surface area (Å²) in [6.07, 6.45) is 2.39. The first-order valence-corrected chi connectivity index (χ1v) is 16.3. The molecule has 0 aliphatic heterocycles. The largest absolute Gasteiger partial charge is 0.489 e. The second kappa shape index (κ2) is 16.0. The highest BCUT2D eigenvalue weighted by Gasteiger charge is 2.23.